The van der Waals surface area contributed by atoms with Crippen molar-refractivity contribution in [3.8, 4) is 11.4 Å². The van der Waals surface area contributed by atoms with Crippen molar-refractivity contribution in [3.63, 3.8) is 0 Å². The SMILES string of the molecule is Fc1ccc(Sc2ccc3nnc(-c4ccccc4F)n3n2)cc1. The molecule has 0 spiro atoms. The van der Waals surface area contributed by atoms with E-state index in [-0.39, 0.29) is 11.6 Å². The number of aromatic nitrogens is 4. The molecule has 0 fully saturated rings. The van der Waals surface area contributed by atoms with Gasteiger partial charge in [-0.1, -0.05) is 23.9 Å². The molecule has 0 aliphatic carbocycles. The second-order valence-corrected chi connectivity index (χ2v) is 6.09. The van der Waals surface area contributed by atoms with E-state index >= 15 is 0 Å². The Balaban J connectivity index is 1.76. The van der Waals surface area contributed by atoms with E-state index < -0.39 is 0 Å². The minimum atomic E-state index is -0.384. The lowest BCUT2D eigenvalue weighted by Gasteiger charge is -2.04. The molecule has 4 aromatic rings. The fraction of sp³-hybridized carbons (Fsp3) is 0. The molecule has 0 radical (unpaired) electrons. The Morgan fingerprint density at radius 3 is 2.42 bits per heavy atom. The minimum absolute atomic E-state index is 0.289. The third-order valence-corrected chi connectivity index (χ3v) is 4.32. The van der Waals surface area contributed by atoms with E-state index in [4.69, 9.17) is 0 Å². The second-order valence-electron chi connectivity index (χ2n) is 5.00. The minimum Gasteiger partial charge on any atom is -0.207 e. The van der Waals surface area contributed by atoms with Crippen molar-refractivity contribution < 1.29 is 8.78 Å². The van der Waals surface area contributed by atoms with Crippen LogP contribution < -0.4 is 0 Å². The van der Waals surface area contributed by atoms with E-state index in [0.29, 0.717) is 22.1 Å². The van der Waals surface area contributed by atoms with E-state index in [1.165, 1.54) is 34.5 Å². The maximum absolute atomic E-state index is 14.0. The molecule has 4 nitrogen and oxygen atoms in total. The third-order valence-electron chi connectivity index (χ3n) is 3.39. The smallest absolute Gasteiger partial charge is 0.188 e. The van der Waals surface area contributed by atoms with Crippen LogP contribution >= 0.6 is 11.8 Å². The lowest BCUT2D eigenvalue weighted by atomic mass is 10.2. The van der Waals surface area contributed by atoms with Crippen molar-refractivity contribution in [1.82, 2.24) is 19.8 Å². The van der Waals surface area contributed by atoms with E-state index in [9.17, 15) is 8.78 Å². The topological polar surface area (TPSA) is 43.1 Å². The highest BCUT2D eigenvalue weighted by Gasteiger charge is 2.13. The molecule has 2 aromatic heterocycles. The van der Waals surface area contributed by atoms with E-state index in [1.807, 2.05) is 0 Å². The van der Waals surface area contributed by atoms with E-state index in [2.05, 4.69) is 15.3 Å². The molecule has 0 atom stereocenters. The molecule has 2 heterocycles. The average molecular weight is 340 g/mol. The molecule has 0 saturated carbocycles. The highest BCUT2D eigenvalue weighted by Crippen LogP contribution is 2.27. The molecule has 0 amide bonds. The number of nitrogens with zero attached hydrogens (tertiary/aromatic N) is 4. The zero-order valence-corrected chi connectivity index (χ0v) is 13.0. The van der Waals surface area contributed by atoms with Crippen molar-refractivity contribution in [1.29, 1.82) is 0 Å². The van der Waals surface area contributed by atoms with Crippen LogP contribution in [0.4, 0.5) is 8.78 Å². The normalized spacial score (nSPS) is 11.1. The summed E-state index contributed by atoms with van der Waals surface area (Å²) in [5.74, 6) is -0.335. The summed E-state index contributed by atoms with van der Waals surface area (Å²) in [6.07, 6.45) is 0. The molecule has 0 bridgehead atoms. The van der Waals surface area contributed by atoms with Gasteiger partial charge in [0, 0.05) is 4.90 Å². The number of fused-ring (bicyclic) bond motifs is 1. The highest BCUT2D eigenvalue weighted by atomic mass is 32.2. The van der Waals surface area contributed by atoms with Gasteiger partial charge in [-0.25, -0.2) is 8.78 Å². The standard InChI is InChI=1S/C17H10F2N4S/c18-11-5-7-12(8-6-11)24-16-10-9-15-20-21-17(23(15)22-16)13-3-1-2-4-14(13)19/h1-10H. The summed E-state index contributed by atoms with van der Waals surface area (Å²) in [6.45, 7) is 0. The van der Waals surface area contributed by atoms with Crippen molar-refractivity contribution in [2.45, 2.75) is 9.92 Å². The predicted octanol–water partition coefficient (Wildman–Crippen LogP) is 4.22. The quantitative estimate of drug-likeness (QED) is 0.560. The second kappa shape index (κ2) is 6.01. The number of rotatable bonds is 3. The van der Waals surface area contributed by atoms with Gasteiger partial charge in [0.1, 0.15) is 16.7 Å². The van der Waals surface area contributed by atoms with Gasteiger partial charge in [-0.15, -0.1) is 10.2 Å². The fourth-order valence-electron chi connectivity index (χ4n) is 2.26. The van der Waals surface area contributed by atoms with Crippen LogP contribution in [0.25, 0.3) is 17.0 Å². The lowest BCUT2D eigenvalue weighted by Crippen LogP contribution is -1.97. The Labute approximate surface area is 140 Å². The number of benzene rings is 2. The molecule has 24 heavy (non-hydrogen) atoms. The van der Waals surface area contributed by atoms with Crippen molar-refractivity contribution in [2.75, 3.05) is 0 Å². The van der Waals surface area contributed by atoms with Crippen LogP contribution in [-0.4, -0.2) is 19.8 Å². The maximum atomic E-state index is 14.0. The fourth-order valence-corrected chi connectivity index (χ4v) is 3.03. The molecule has 0 saturated heterocycles. The molecule has 0 aliphatic heterocycles. The molecule has 118 valence electrons. The van der Waals surface area contributed by atoms with Crippen LogP contribution in [0.1, 0.15) is 0 Å². The summed E-state index contributed by atoms with van der Waals surface area (Å²) < 4.78 is 28.5. The summed E-state index contributed by atoms with van der Waals surface area (Å²) in [6, 6.07) is 16.0. The van der Waals surface area contributed by atoms with Gasteiger partial charge in [0.2, 0.25) is 0 Å². The zero-order chi connectivity index (χ0) is 16.5. The van der Waals surface area contributed by atoms with Crippen LogP contribution in [-0.2, 0) is 0 Å². The summed E-state index contributed by atoms with van der Waals surface area (Å²) in [7, 11) is 0. The third kappa shape index (κ3) is 2.74. The lowest BCUT2D eigenvalue weighted by molar-refractivity contribution is 0.626. The Morgan fingerprint density at radius 1 is 0.833 bits per heavy atom. The molecule has 2 aromatic carbocycles. The Hall–Kier alpha value is -2.80. The molecule has 0 N–H and O–H groups in total. The van der Waals surface area contributed by atoms with Gasteiger partial charge >= 0.3 is 0 Å². The van der Waals surface area contributed by atoms with Gasteiger partial charge in [0.15, 0.2) is 11.5 Å². The summed E-state index contributed by atoms with van der Waals surface area (Å²) in [4.78, 5) is 0.851. The van der Waals surface area contributed by atoms with Crippen molar-refractivity contribution in [2.24, 2.45) is 0 Å². The van der Waals surface area contributed by atoms with Crippen molar-refractivity contribution in [3.05, 3.63) is 72.3 Å². The largest absolute Gasteiger partial charge is 0.207 e. The monoisotopic (exact) mass is 340 g/mol. The Kier molecular flexibility index (Phi) is 3.70. The van der Waals surface area contributed by atoms with Crippen molar-refractivity contribution >= 4 is 17.4 Å². The molecular formula is C17H10F2N4S. The molecule has 0 unspecified atom stereocenters. The van der Waals surface area contributed by atoms with Crippen LogP contribution in [0.5, 0.6) is 0 Å². The van der Waals surface area contributed by atoms with E-state index in [0.717, 1.165) is 4.90 Å². The maximum Gasteiger partial charge on any atom is 0.188 e. The van der Waals surface area contributed by atoms with Crippen LogP contribution in [0.2, 0.25) is 0 Å². The van der Waals surface area contributed by atoms with Gasteiger partial charge < -0.3 is 0 Å². The number of halogens is 2. The van der Waals surface area contributed by atoms with E-state index in [1.54, 1.807) is 42.5 Å². The molecule has 4 rings (SSSR count). The first kappa shape index (κ1) is 14.8. The summed E-state index contributed by atoms with van der Waals surface area (Å²) in [5, 5.41) is 13.2. The molecule has 0 aliphatic rings. The van der Waals surface area contributed by atoms with Gasteiger partial charge in [-0.2, -0.15) is 9.61 Å². The van der Waals surface area contributed by atoms with Crippen LogP contribution in [0.15, 0.2) is 70.6 Å². The number of hydrogen-bond donors (Lipinski definition) is 0. The first-order valence-corrected chi connectivity index (χ1v) is 7.93. The molecule has 7 heteroatoms. The van der Waals surface area contributed by atoms with Crippen LogP contribution in [0.3, 0.4) is 0 Å². The zero-order valence-electron chi connectivity index (χ0n) is 12.2. The molecular weight excluding hydrogens is 330 g/mol. The first-order chi connectivity index (χ1) is 11.7. The highest BCUT2D eigenvalue weighted by molar-refractivity contribution is 7.99. The summed E-state index contributed by atoms with van der Waals surface area (Å²) >= 11 is 1.37. The van der Waals surface area contributed by atoms with Gasteiger partial charge in [-0.05, 0) is 48.5 Å². The summed E-state index contributed by atoms with van der Waals surface area (Å²) in [5.41, 5.74) is 0.859. The van der Waals surface area contributed by atoms with Gasteiger partial charge in [0.25, 0.3) is 0 Å². The van der Waals surface area contributed by atoms with Gasteiger partial charge in [-0.3, -0.25) is 0 Å². The predicted molar refractivity (Wildman–Crippen MR) is 86.7 cm³/mol. The van der Waals surface area contributed by atoms with Gasteiger partial charge in [0.05, 0.1) is 5.56 Å². The first-order valence-electron chi connectivity index (χ1n) is 7.11. The van der Waals surface area contributed by atoms with Crippen LogP contribution in [0, 0.1) is 11.6 Å². The average Bonchev–Trinajstić information content (AvgIpc) is 3.00. The Morgan fingerprint density at radius 2 is 1.62 bits per heavy atom. The number of hydrogen-bond acceptors (Lipinski definition) is 4. The Bertz CT molecular complexity index is 1010.